The van der Waals surface area contributed by atoms with Gasteiger partial charge in [-0.3, -0.25) is 10.1 Å². The van der Waals surface area contributed by atoms with E-state index in [2.05, 4.69) is 25.9 Å². The summed E-state index contributed by atoms with van der Waals surface area (Å²) in [7, 11) is 1.53. The number of hydrogen-bond acceptors (Lipinski definition) is 6. The standard InChI is InChI=1S/C11H7BrClN3O4/c1-19-6-2-3-9(7(12)4-6)20-10-8(16(17)18)5-14-11(13)15-10/h2-5H,1H3. The summed E-state index contributed by atoms with van der Waals surface area (Å²) >= 11 is 8.89. The number of nitrogens with zero attached hydrogens (tertiary/aromatic N) is 3. The Morgan fingerprint density at radius 2 is 2.20 bits per heavy atom. The largest absolute Gasteiger partial charge is 0.497 e. The number of methoxy groups -OCH3 is 1. The molecule has 0 bridgehead atoms. The molecule has 0 aliphatic carbocycles. The van der Waals surface area contributed by atoms with Gasteiger partial charge in [0.05, 0.1) is 16.5 Å². The third kappa shape index (κ3) is 3.14. The van der Waals surface area contributed by atoms with Gasteiger partial charge in [-0.25, -0.2) is 4.98 Å². The van der Waals surface area contributed by atoms with Crippen molar-refractivity contribution in [2.45, 2.75) is 0 Å². The van der Waals surface area contributed by atoms with E-state index in [-0.39, 0.29) is 16.9 Å². The van der Waals surface area contributed by atoms with Gasteiger partial charge in [-0.2, -0.15) is 4.98 Å². The molecule has 104 valence electrons. The van der Waals surface area contributed by atoms with E-state index in [4.69, 9.17) is 21.1 Å². The molecule has 0 saturated heterocycles. The quantitative estimate of drug-likeness (QED) is 0.470. The Labute approximate surface area is 126 Å². The Morgan fingerprint density at radius 3 is 2.80 bits per heavy atom. The molecule has 1 aromatic heterocycles. The highest BCUT2D eigenvalue weighted by atomic mass is 79.9. The molecule has 0 aliphatic rings. The summed E-state index contributed by atoms with van der Waals surface area (Å²) in [5, 5.41) is 10.7. The number of ether oxygens (including phenoxy) is 2. The Bertz CT molecular complexity index is 668. The predicted octanol–water partition coefficient (Wildman–Crippen LogP) is 3.60. The maximum absolute atomic E-state index is 10.9. The van der Waals surface area contributed by atoms with Gasteiger partial charge >= 0.3 is 11.6 Å². The summed E-state index contributed by atoms with van der Waals surface area (Å²) in [4.78, 5) is 17.5. The molecule has 1 heterocycles. The minimum Gasteiger partial charge on any atom is -0.497 e. The predicted molar refractivity (Wildman–Crippen MR) is 74.5 cm³/mol. The molecule has 2 rings (SSSR count). The van der Waals surface area contributed by atoms with Gasteiger partial charge in [0.1, 0.15) is 17.7 Å². The lowest BCUT2D eigenvalue weighted by Crippen LogP contribution is -1.98. The lowest BCUT2D eigenvalue weighted by Gasteiger charge is -2.08. The molecule has 0 atom stereocenters. The van der Waals surface area contributed by atoms with Crippen LogP contribution in [0.25, 0.3) is 0 Å². The van der Waals surface area contributed by atoms with Crippen LogP contribution in [-0.2, 0) is 0 Å². The highest BCUT2D eigenvalue weighted by Gasteiger charge is 2.20. The van der Waals surface area contributed by atoms with Crippen molar-refractivity contribution >= 4 is 33.2 Å². The summed E-state index contributed by atoms with van der Waals surface area (Å²) < 4.78 is 11.0. The third-order valence-corrected chi connectivity index (χ3v) is 3.05. The first-order valence-corrected chi connectivity index (χ1v) is 6.36. The van der Waals surface area contributed by atoms with Crippen LogP contribution < -0.4 is 9.47 Å². The van der Waals surface area contributed by atoms with Crippen LogP contribution in [0.1, 0.15) is 0 Å². The molecule has 0 amide bonds. The lowest BCUT2D eigenvalue weighted by atomic mass is 10.3. The van der Waals surface area contributed by atoms with E-state index in [1.54, 1.807) is 18.2 Å². The molecule has 2 aromatic rings. The number of aromatic nitrogens is 2. The highest BCUT2D eigenvalue weighted by molar-refractivity contribution is 9.10. The van der Waals surface area contributed by atoms with Crippen molar-refractivity contribution in [1.82, 2.24) is 9.97 Å². The first-order valence-electron chi connectivity index (χ1n) is 5.19. The summed E-state index contributed by atoms with van der Waals surface area (Å²) in [5.41, 5.74) is -0.378. The van der Waals surface area contributed by atoms with Crippen molar-refractivity contribution in [2.75, 3.05) is 7.11 Å². The van der Waals surface area contributed by atoms with Gasteiger partial charge in [0, 0.05) is 0 Å². The van der Waals surface area contributed by atoms with Gasteiger partial charge in [-0.1, -0.05) is 0 Å². The Morgan fingerprint density at radius 1 is 1.45 bits per heavy atom. The summed E-state index contributed by atoms with van der Waals surface area (Å²) in [6.45, 7) is 0. The molecule has 0 saturated carbocycles. The van der Waals surface area contributed by atoms with Gasteiger partial charge < -0.3 is 9.47 Å². The summed E-state index contributed by atoms with van der Waals surface area (Å²) in [5.74, 6) is 0.712. The fourth-order valence-corrected chi connectivity index (χ4v) is 1.90. The maximum Gasteiger partial charge on any atom is 0.349 e. The van der Waals surface area contributed by atoms with Crippen LogP contribution in [0.15, 0.2) is 28.9 Å². The van der Waals surface area contributed by atoms with Crippen molar-refractivity contribution in [3.63, 3.8) is 0 Å². The topological polar surface area (TPSA) is 87.4 Å². The van der Waals surface area contributed by atoms with Gasteiger partial charge in [-0.15, -0.1) is 0 Å². The van der Waals surface area contributed by atoms with E-state index < -0.39 is 4.92 Å². The van der Waals surface area contributed by atoms with Crippen LogP contribution in [0.2, 0.25) is 5.28 Å². The molecule has 0 spiro atoms. The number of halogens is 2. The number of benzene rings is 1. The van der Waals surface area contributed by atoms with Crippen LogP contribution in [0, 0.1) is 10.1 Å². The zero-order valence-electron chi connectivity index (χ0n) is 10.0. The molecular formula is C11H7BrClN3O4. The minimum absolute atomic E-state index is 0.143. The average molecular weight is 361 g/mol. The van der Waals surface area contributed by atoms with E-state index in [1.165, 1.54) is 7.11 Å². The van der Waals surface area contributed by atoms with Gasteiger partial charge in [0.15, 0.2) is 0 Å². The molecule has 0 radical (unpaired) electrons. The first kappa shape index (κ1) is 14.5. The second-order valence-electron chi connectivity index (χ2n) is 3.48. The van der Waals surface area contributed by atoms with E-state index in [1.807, 2.05) is 0 Å². The van der Waals surface area contributed by atoms with Gasteiger partial charge in [0.25, 0.3) is 0 Å². The van der Waals surface area contributed by atoms with Crippen molar-refractivity contribution in [3.05, 3.63) is 44.3 Å². The van der Waals surface area contributed by atoms with E-state index in [0.717, 1.165) is 6.20 Å². The van der Waals surface area contributed by atoms with Crippen molar-refractivity contribution in [3.8, 4) is 17.4 Å². The van der Waals surface area contributed by atoms with Crippen LogP contribution >= 0.6 is 27.5 Å². The highest BCUT2D eigenvalue weighted by Crippen LogP contribution is 2.35. The molecule has 0 unspecified atom stereocenters. The number of rotatable bonds is 4. The van der Waals surface area contributed by atoms with E-state index in [9.17, 15) is 10.1 Å². The van der Waals surface area contributed by atoms with Gasteiger partial charge in [-0.05, 0) is 45.7 Å². The molecule has 20 heavy (non-hydrogen) atoms. The second kappa shape index (κ2) is 6.02. The average Bonchev–Trinajstić information content (AvgIpc) is 2.40. The fourth-order valence-electron chi connectivity index (χ4n) is 1.34. The normalized spacial score (nSPS) is 10.2. The zero-order valence-corrected chi connectivity index (χ0v) is 12.4. The van der Waals surface area contributed by atoms with Crippen LogP contribution in [0.3, 0.4) is 0 Å². The van der Waals surface area contributed by atoms with Crippen molar-refractivity contribution in [1.29, 1.82) is 0 Å². The monoisotopic (exact) mass is 359 g/mol. The zero-order chi connectivity index (χ0) is 14.7. The van der Waals surface area contributed by atoms with E-state index >= 15 is 0 Å². The number of hydrogen-bond donors (Lipinski definition) is 0. The lowest BCUT2D eigenvalue weighted by molar-refractivity contribution is -0.386. The molecule has 9 heteroatoms. The molecule has 0 aliphatic heterocycles. The summed E-state index contributed by atoms with van der Waals surface area (Å²) in [6, 6.07) is 4.89. The van der Waals surface area contributed by atoms with Crippen LogP contribution in [0.5, 0.6) is 17.4 Å². The smallest absolute Gasteiger partial charge is 0.349 e. The van der Waals surface area contributed by atoms with Crippen molar-refractivity contribution in [2.24, 2.45) is 0 Å². The van der Waals surface area contributed by atoms with E-state index in [0.29, 0.717) is 16.0 Å². The maximum atomic E-state index is 10.9. The Kier molecular flexibility index (Phi) is 4.35. The molecule has 1 aromatic carbocycles. The minimum atomic E-state index is -0.650. The van der Waals surface area contributed by atoms with Gasteiger partial charge in [0.2, 0.25) is 5.28 Å². The van der Waals surface area contributed by atoms with Crippen LogP contribution in [-0.4, -0.2) is 22.0 Å². The SMILES string of the molecule is COc1ccc(Oc2nc(Cl)ncc2[N+](=O)[O-])c(Br)c1. The molecular weight excluding hydrogens is 353 g/mol. The first-order chi connectivity index (χ1) is 9.51. The van der Waals surface area contributed by atoms with Crippen LogP contribution in [0.4, 0.5) is 5.69 Å². The molecule has 0 fully saturated rings. The molecule has 7 nitrogen and oxygen atoms in total. The fraction of sp³-hybridized carbons (Fsp3) is 0.0909. The molecule has 0 N–H and O–H groups in total. The number of nitro groups is 1. The third-order valence-electron chi connectivity index (χ3n) is 2.25. The second-order valence-corrected chi connectivity index (χ2v) is 4.68. The van der Waals surface area contributed by atoms with Crippen molar-refractivity contribution < 1.29 is 14.4 Å². The Balaban J connectivity index is 2.39. The Hall–Kier alpha value is -1.93. The summed E-state index contributed by atoms with van der Waals surface area (Å²) in [6.07, 6.45) is 0.988.